The normalized spacial score (nSPS) is 10.5. The van der Waals surface area contributed by atoms with E-state index in [9.17, 15) is 4.79 Å². The topological polar surface area (TPSA) is 79.4 Å². The Hall–Kier alpha value is -2.83. The Kier molecular flexibility index (Phi) is 7.20. The number of nitrogens with zero attached hydrogens (tertiary/aromatic N) is 3. The lowest BCUT2D eigenvalue weighted by atomic mass is 10.2. The van der Waals surface area contributed by atoms with E-state index in [2.05, 4.69) is 39.3 Å². The van der Waals surface area contributed by atoms with E-state index in [1.165, 1.54) is 0 Å². The third-order valence-electron chi connectivity index (χ3n) is 3.72. The summed E-state index contributed by atoms with van der Waals surface area (Å²) in [6, 6.07) is 7.12. The van der Waals surface area contributed by atoms with Gasteiger partial charge in [-0.15, -0.1) is 0 Å². The van der Waals surface area contributed by atoms with E-state index in [4.69, 9.17) is 4.74 Å². The molecule has 0 saturated heterocycles. The van der Waals surface area contributed by atoms with Crippen LogP contribution in [0.2, 0.25) is 0 Å². The fourth-order valence-electron chi connectivity index (χ4n) is 2.41. The van der Waals surface area contributed by atoms with Gasteiger partial charge in [-0.25, -0.2) is 14.8 Å². The molecule has 26 heavy (non-hydrogen) atoms. The predicted octanol–water partition coefficient (Wildman–Crippen LogP) is 3.43. The molecule has 2 heterocycles. The molecule has 0 unspecified atom stereocenters. The summed E-state index contributed by atoms with van der Waals surface area (Å²) in [6.07, 6.45) is 3.39. The second kappa shape index (κ2) is 9.60. The Labute approximate surface area is 154 Å². The third kappa shape index (κ3) is 5.61. The fraction of sp³-hybridized carbons (Fsp3) is 0.421. The number of carbonyl (C=O) groups excluding carboxylic acids is 1. The molecule has 0 aliphatic heterocycles. The molecule has 0 saturated carbocycles. The molecule has 0 fully saturated rings. The molecule has 2 aromatic heterocycles. The molecule has 0 atom stereocenters. The first-order valence-corrected chi connectivity index (χ1v) is 8.89. The molecular weight excluding hydrogens is 330 g/mol. The van der Waals surface area contributed by atoms with Gasteiger partial charge in [-0.3, -0.25) is 0 Å². The largest absolute Gasteiger partial charge is 0.473 e. The molecule has 2 N–H and O–H groups in total. The van der Waals surface area contributed by atoms with E-state index in [-0.39, 0.29) is 12.1 Å². The number of nitrogens with one attached hydrogen (secondary N) is 2. The average molecular weight is 357 g/mol. The zero-order valence-electron chi connectivity index (χ0n) is 15.8. The maximum Gasteiger partial charge on any atom is 0.319 e. The number of pyridine rings is 2. The lowest BCUT2D eigenvalue weighted by Crippen LogP contribution is -2.29. The van der Waals surface area contributed by atoms with Crippen LogP contribution in [-0.4, -0.2) is 35.2 Å². The summed E-state index contributed by atoms with van der Waals surface area (Å²) >= 11 is 0. The quantitative estimate of drug-likeness (QED) is 0.757. The zero-order chi connectivity index (χ0) is 18.9. The van der Waals surface area contributed by atoms with Gasteiger partial charge in [-0.05, 0) is 51.5 Å². The van der Waals surface area contributed by atoms with Gasteiger partial charge < -0.3 is 20.3 Å². The minimum atomic E-state index is -0.320. The van der Waals surface area contributed by atoms with Crippen LogP contribution in [0.3, 0.4) is 0 Å². The molecule has 7 nitrogen and oxygen atoms in total. The van der Waals surface area contributed by atoms with Gasteiger partial charge in [0.2, 0.25) is 5.88 Å². The van der Waals surface area contributed by atoms with Crippen molar-refractivity contribution < 1.29 is 9.53 Å². The number of urea groups is 1. The van der Waals surface area contributed by atoms with Crippen molar-refractivity contribution in [3.05, 3.63) is 42.2 Å². The second-order valence-corrected chi connectivity index (χ2v) is 6.03. The molecule has 0 aromatic carbocycles. The molecule has 0 aliphatic carbocycles. The van der Waals surface area contributed by atoms with Crippen LogP contribution in [-0.2, 0) is 6.54 Å². The van der Waals surface area contributed by atoms with Crippen LogP contribution in [0.15, 0.2) is 36.7 Å². The van der Waals surface area contributed by atoms with Gasteiger partial charge >= 0.3 is 6.03 Å². The van der Waals surface area contributed by atoms with Gasteiger partial charge in [-0.2, -0.15) is 0 Å². The zero-order valence-corrected chi connectivity index (χ0v) is 15.8. The monoisotopic (exact) mass is 357 g/mol. The molecule has 0 aliphatic rings. The van der Waals surface area contributed by atoms with Gasteiger partial charge in [0.05, 0.1) is 6.10 Å². The number of aromatic nitrogens is 2. The van der Waals surface area contributed by atoms with Gasteiger partial charge in [-0.1, -0.05) is 6.07 Å². The SMILES string of the molecule is CCN(CC)c1ccc(CNC(=O)Nc2cccnc2OC(C)C)cn1. The van der Waals surface area contributed by atoms with Crippen LogP contribution in [0.25, 0.3) is 0 Å². The molecule has 2 aromatic rings. The minimum Gasteiger partial charge on any atom is -0.473 e. The number of hydrogen-bond donors (Lipinski definition) is 2. The van der Waals surface area contributed by atoms with Crippen molar-refractivity contribution in [3.8, 4) is 5.88 Å². The summed E-state index contributed by atoms with van der Waals surface area (Å²) in [4.78, 5) is 22.9. The van der Waals surface area contributed by atoms with Crippen LogP contribution >= 0.6 is 0 Å². The Morgan fingerprint density at radius 1 is 1.19 bits per heavy atom. The Morgan fingerprint density at radius 3 is 2.58 bits per heavy atom. The number of rotatable bonds is 8. The van der Waals surface area contributed by atoms with Crippen molar-refractivity contribution in [1.29, 1.82) is 0 Å². The first kappa shape index (κ1) is 19.5. The highest BCUT2D eigenvalue weighted by Gasteiger charge is 2.10. The van der Waals surface area contributed by atoms with Crippen LogP contribution < -0.4 is 20.3 Å². The van der Waals surface area contributed by atoms with Gasteiger partial charge in [0.25, 0.3) is 0 Å². The smallest absolute Gasteiger partial charge is 0.319 e. The maximum absolute atomic E-state index is 12.2. The summed E-state index contributed by atoms with van der Waals surface area (Å²) in [5, 5.41) is 5.59. The van der Waals surface area contributed by atoms with Gasteiger partial charge in [0.15, 0.2) is 0 Å². The van der Waals surface area contributed by atoms with E-state index in [1.54, 1.807) is 24.5 Å². The van der Waals surface area contributed by atoms with Crippen molar-refractivity contribution in [2.75, 3.05) is 23.3 Å². The Balaban J connectivity index is 1.91. The lowest BCUT2D eigenvalue weighted by molar-refractivity contribution is 0.233. The van der Waals surface area contributed by atoms with E-state index < -0.39 is 0 Å². The predicted molar refractivity (Wildman–Crippen MR) is 104 cm³/mol. The fourth-order valence-corrected chi connectivity index (χ4v) is 2.41. The standard InChI is InChI=1S/C19H27N5O2/c1-5-24(6-2)17-10-9-15(12-21-17)13-22-19(25)23-16-8-7-11-20-18(16)26-14(3)4/h7-12,14H,5-6,13H2,1-4H3,(H2,22,23,25). The molecule has 2 rings (SSSR count). The van der Waals surface area contributed by atoms with Gasteiger partial charge in [0.1, 0.15) is 11.5 Å². The third-order valence-corrected chi connectivity index (χ3v) is 3.72. The molecule has 7 heteroatoms. The first-order chi connectivity index (χ1) is 12.5. The summed E-state index contributed by atoms with van der Waals surface area (Å²) in [6.45, 7) is 10.2. The second-order valence-electron chi connectivity index (χ2n) is 6.03. The van der Waals surface area contributed by atoms with Crippen molar-refractivity contribution in [2.45, 2.75) is 40.3 Å². The number of carbonyl (C=O) groups is 1. The lowest BCUT2D eigenvalue weighted by Gasteiger charge is -2.19. The number of amides is 2. The van der Waals surface area contributed by atoms with Crippen molar-refractivity contribution >= 4 is 17.5 Å². The highest BCUT2D eigenvalue weighted by Crippen LogP contribution is 2.21. The van der Waals surface area contributed by atoms with E-state index in [1.807, 2.05) is 26.0 Å². The van der Waals surface area contributed by atoms with E-state index in [0.29, 0.717) is 18.1 Å². The summed E-state index contributed by atoms with van der Waals surface area (Å²) in [7, 11) is 0. The van der Waals surface area contributed by atoms with Crippen LogP contribution in [0, 0.1) is 0 Å². The molecular formula is C19H27N5O2. The highest BCUT2D eigenvalue weighted by molar-refractivity contribution is 5.90. The minimum absolute atomic E-state index is 0.0242. The first-order valence-electron chi connectivity index (χ1n) is 8.89. The van der Waals surface area contributed by atoms with E-state index >= 15 is 0 Å². The van der Waals surface area contributed by atoms with Crippen LogP contribution in [0.1, 0.15) is 33.3 Å². The highest BCUT2D eigenvalue weighted by atomic mass is 16.5. The Morgan fingerprint density at radius 2 is 1.96 bits per heavy atom. The molecule has 140 valence electrons. The van der Waals surface area contributed by atoms with Crippen molar-refractivity contribution in [3.63, 3.8) is 0 Å². The number of hydrogen-bond acceptors (Lipinski definition) is 5. The maximum atomic E-state index is 12.2. The van der Waals surface area contributed by atoms with Crippen LogP contribution in [0.5, 0.6) is 5.88 Å². The molecule has 2 amide bonds. The number of anilines is 2. The van der Waals surface area contributed by atoms with Crippen molar-refractivity contribution in [1.82, 2.24) is 15.3 Å². The van der Waals surface area contributed by atoms with E-state index in [0.717, 1.165) is 24.5 Å². The van der Waals surface area contributed by atoms with Crippen LogP contribution in [0.4, 0.5) is 16.3 Å². The summed E-state index contributed by atoms with van der Waals surface area (Å²) in [5.41, 5.74) is 1.47. The molecule has 0 bridgehead atoms. The molecule has 0 radical (unpaired) electrons. The van der Waals surface area contributed by atoms with Crippen molar-refractivity contribution in [2.24, 2.45) is 0 Å². The summed E-state index contributed by atoms with van der Waals surface area (Å²) < 4.78 is 5.60. The van der Waals surface area contributed by atoms with Gasteiger partial charge in [0, 0.05) is 32.0 Å². The average Bonchev–Trinajstić information content (AvgIpc) is 2.63. The Bertz CT molecular complexity index is 699. The molecule has 0 spiro atoms. The summed E-state index contributed by atoms with van der Waals surface area (Å²) in [5.74, 6) is 1.34. The number of ether oxygens (including phenoxy) is 1.